The maximum Gasteiger partial charge on any atom is 0.264 e. The van der Waals surface area contributed by atoms with Crippen molar-refractivity contribution in [3.8, 4) is 5.69 Å². The van der Waals surface area contributed by atoms with Crippen LogP contribution in [0, 0.1) is 6.92 Å². The molecule has 3 aromatic rings. The van der Waals surface area contributed by atoms with Crippen molar-refractivity contribution in [2.75, 3.05) is 26.3 Å². The standard InChI is InChI=1S/C18H19N5O3/c1-13-2-4-14(5-3-13)23-10-15-17(20-23)19-12-22(18(15)25)11-16(24)21-6-8-26-9-7-21/h2-5,10,12H,6-9,11H2,1H3. The summed E-state index contributed by atoms with van der Waals surface area (Å²) in [6.45, 7) is 4.14. The average molecular weight is 353 g/mol. The number of aromatic nitrogens is 4. The van der Waals surface area contributed by atoms with Gasteiger partial charge < -0.3 is 9.64 Å². The monoisotopic (exact) mass is 353 g/mol. The second-order valence-electron chi connectivity index (χ2n) is 6.32. The fraction of sp³-hybridized carbons (Fsp3) is 0.333. The molecule has 1 aliphatic rings. The number of morpholine rings is 1. The Morgan fingerprint density at radius 1 is 1.19 bits per heavy atom. The number of rotatable bonds is 3. The zero-order valence-electron chi connectivity index (χ0n) is 14.5. The first-order chi connectivity index (χ1) is 12.6. The lowest BCUT2D eigenvalue weighted by atomic mass is 10.2. The fourth-order valence-corrected chi connectivity index (χ4v) is 2.94. The van der Waals surface area contributed by atoms with E-state index < -0.39 is 0 Å². The summed E-state index contributed by atoms with van der Waals surface area (Å²) < 4.78 is 8.21. The number of amides is 1. The number of hydrogen-bond donors (Lipinski definition) is 0. The number of nitrogens with zero attached hydrogens (tertiary/aromatic N) is 5. The quantitative estimate of drug-likeness (QED) is 0.694. The van der Waals surface area contributed by atoms with Crippen LogP contribution in [0.1, 0.15) is 5.56 Å². The largest absolute Gasteiger partial charge is 0.378 e. The molecule has 8 heteroatoms. The minimum Gasteiger partial charge on any atom is -0.378 e. The maximum absolute atomic E-state index is 12.7. The smallest absolute Gasteiger partial charge is 0.264 e. The number of carbonyl (C=O) groups excluding carboxylic acids is 1. The first kappa shape index (κ1) is 16.5. The van der Waals surface area contributed by atoms with Crippen molar-refractivity contribution in [1.29, 1.82) is 0 Å². The highest BCUT2D eigenvalue weighted by atomic mass is 16.5. The molecule has 1 aromatic carbocycles. The van der Waals surface area contributed by atoms with Gasteiger partial charge in [-0.3, -0.25) is 14.2 Å². The summed E-state index contributed by atoms with van der Waals surface area (Å²) in [6, 6.07) is 7.83. The molecule has 0 aliphatic carbocycles. The van der Waals surface area contributed by atoms with Crippen molar-refractivity contribution in [3.05, 3.63) is 52.7 Å². The first-order valence-corrected chi connectivity index (χ1v) is 8.49. The number of ether oxygens (including phenoxy) is 1. The third-order valence-electron chi connectivity index (χ3n) is 4.47. The minimum absolute atomic E-state index is 0.0303. The Bertz CT molecular complexity index is 1000. The van der Waals surface area contributed by atoms with Crippen LogP contribution in [-0.2, 0) is 16.1 Å². The molecular weight excluding hydrogens is 334 g/mol. The van der Waals surface area contributed by atoms with Crippen molar-refractivity contribution in [1.82, 2.24) is 24.2 Å². The molecule has 3 heterocycles. The molecule has 0 bridgehead atoms. The van der Waals surface area contributed by atoms with Crippen molar-refractivity contribution in [2.24, 2.45) is 0 Å². The van der Waals surface area contributed by atoms with Crippen molar-refractivity contribution in [2.45, 2.75) is 13.5 Å². The van der Waals surface area contributed by atoms with Crippen LogP contribution in [0.4, 0.5) is 0 Å². The van der Waals surface area contributed by atoms with Gasteiger partial charge in [0.1, 0.15) is 18.3 Å². The molecule has 0 radical (unpaired) electrons. The Morgan fingerprint density at radius 2 is 1.92 bits per heavy atom. The second-order valence-corrected chi connectivity index (χ2v) is 6.32. The Morgan fingerprint density at radius 3 is 2.65 bits per heavy atom. The molecule has 2 aromatic heterocycles. The summed E-state index contributed by atoms with van der Waals surface area (Å²) in [7, 11) is 0. The van der Waals surface area contributed by atoms with Crippen LogP contribution < -0.4 is 5.56 Å². The van der Waals surface area contributed by atoms with Crippen molar-refractivity contribution in [3.63, 3.8) is 0 Å². The van der Waals surface area contributed by atoms with Crippen molar-refractivity contribution >= 4 is 16.9 Å². The molecule has 4 rings (SSSR count). The zero-order chi connectivity index (χ0) is 18.1. The van der Waals surface area contributed by atoms with E-state index in [1.807, 2.05) is 31.2 Å². The SMILES string of the molecule is Cc1ccc(-n2cc3c(=O)n(CC(=O)N4CCOCC4)cnc3n2)cc1. The fourth-order valence-electron chi connectivity index (χ4n) is 2.94. The van der Waals surface area contributed by atoms with Gasteiger partial charge in [0.2, 0.25) is 5.91 Å². The number of carbonyl (C=O) groups is 1. The lowest BCUT2D eigenvalue weighted by molar-refractivity contribution is -0.135. The minimum atomic E-state index is -0.269. The molecule has 0 unspecified atom stereocenters. The van der Waals surface area contributed by atoms with Crippen LogP contribution >= 0.6 is 0 Å². The third kappa shape index (κ3) is 3.11. The van der Waals surface area contributed by atoms with E-state index >= 15 is 0 Å². The molecule has 0 saturated carbocycles. The normalized spacial score (nSPS) is 14.7. The maximum atomic E-state index is 12.7. The molecule has 1 aliphatic heterocycles. The Hall–Kier alpha value is -3.00. The van der Waals surface area contributed by atoms with E-state index in [9.17, 15) is 9.59 Å². The molecule has 1 fully saturated rings. The molecule has 0 atom stereocenters. The van der Waals surface area contributed by atoms with Gasteiger partial charge >= 0.3 is 0 Å². The molecule has 0 spiro atoms. The molecule has 1 saturated heterocycles. The van der Waals surface area contributed by atoms with Gasteiger partial charge in [0, 0.05) is 19.3 Å². The summed E-state index contributed by atoms with van der Waals surface area (Å²) in [4.78, 5) is 31.0. The van der Waals surface area contributed by atoms with Crippen LogP contribution in [0.2, 0.25) is 0 Å². The van der Waals surface area contributed by atoms with E-state index in [1.165, 1.54) is 10.9 Å². The zero-order valence-corrected chi connectivity index (χ0v) is 14.5. The van der Waals surface area contributed by atoms with E-state index in [2.05, 4.69) is 10.1 Å². The number of aryl methyl sites for hydroxylation is 1. The summed E-state index contributed by atoms with van der Waals surface area (Å²) in [6.07, 6.45) is 3.04. The summed E-state index contributed by atoms with van der Waals surface area (Å²) in [5.74, 6) is -0.109. The van der Waals surface area contributed by atoms with Crippen LogP contribution in [-0.4, -0.2) is 56.4 Å². The Labute approximate surface area is 149 Å². The van der Waals surface area contributed by atoms with Crippen LogP contribution in [0.5, 0.6) is 0 Å². The van der Waals surface area contributed by atoms with Crippen molar-refractivity contribution < 1.29 is 9.53 Å². The third-order valence-corrected chi connectivity index (χ3v) is 4.47. The van der Waals surface area contributed by atoms with E-state index in [1.54, 1.807) is 15.8 Å². The van der Waals surface area contributed by atoms with Gasteiger partial charge in [0.05, 0.1) is 18.9 Å². The first-order valence-electron chi connectivity index (χ1n) is 8.49. The summed E-state index contributed by atoms with van der Waals surface area (Å²) >= 11 is 0. The predicted octanol–water partition coefficient (Wildman–Crippen LogP) is 0.749. The molecule has 1 amide bonds. The average Bonchev–Trinajstić information content (AvgIpc) is 3.10. The van der Waals surface area contributed by atoms with Gasteiger partial charge in [-0.2, -0.15) is 0 Å². The van der Waals surface area contributed by atoms with Crippen LogP contribution in [0.15, 0.2) is 41.6 Å². The molecule has 26 heavy (non-hydrogen) atoms. The van der Waals surface area contributed by atoms with Crippen LogP contribution in [0.3, 0.4) is 0 Å². The molecule has 0 N–H and O–H groups in total. The van der Waals surface area contributed by atoms with Gasteiger partial charge in [0.25, 0.3) is 5.56 Å². The number of fused-ring (bicyclic) bond motifs is 1. The molecule has 134 valence electrons. The summed E-state index contributed by atoms with van der Waals surface area (Å²) in [5, 5.41) is 4.76. The highest BCUT2D eigenvalue weighted by Gasteiger charge is 2.18. The van der Waals surface area contributed by atoms with E-state index in [-0.39, 0.29) is 18.0 Å². The van der Waals surface area contributed by atoms with Gasteiger partial charge in [-0.1, -0.05) is 17.7 Å². The van der Waals surface area contributed by atoms with Gasteiger partial charge in [-0.25, -0.2) is 9.67 Å². The Kier molecular flexibility index (Phi) is 4.26. The predicted molar refractivity (Wildman–Crippen MR) is 95.3 cm³/mol. The molecule has 8 nitrogen and oxygen atoms in total. The molecular formula is C18H19N5O3. The topological polar surface area (TPSA) is 82.2 Å². The lowest BCUT2D eigenvalue weighted by Crippen LogP contribution is -2.43. The van der Waals surface area contributed by atoms with E-state index in [4.69, 9.17) is 4.74 Å². The highest BCUT2D eigenvalue weighted by Crippen LogP contribution is 2.12. The lowest BCUT2D eigenvalue weighted by Gasteiger charge is -2.26. The second kappa shape index (κ2) is 6.72. The van der Waals surface area contributed by atoms with E-state index in [0.717, 1.165) is 11.3 Å². The highest BCUT2D eigenvalue weighted by molar-refractivity contribution is 5.77. The Balaban J connectivity index is 1.63. The van der Waals surface area contributed by atoms with Gasteiger partial charge in [0.15, 0.2) is 5.65 Å². The van der Waals surface area contributed by atoms with Gasteiger partial charge in [-0.15, -0.1) is 5.10 Å². The number of benzene rings is 1. The number of hydrogen-bond acceptors (Lipinski definition) is 5. The van der Waals surface area contributed by atoms with E-state index in [0.29, 0.717) is 37.3 Å². The van der Waals surface area contributed by atoms with Gasteiger partial charge in [-0.05, 0) is 19.1 Å². The van der Waals surface area contributed by atoms with Crippen LogP contribution in [0.25, 0.3) is 16.7 Å². The summed E-state index contributed by atoms with van der Waals surface area (Å²) in [5.41, 5.74) is 2.09.